The van der Waals surface area contributed by atoms with Crippen molar-refractivity contribution >= 4 is 17.3 Å². The van der Waals surface area contributed by atoms with E-state index in [9.17, 15) is 10.1 Å². The van der Waals surface area contributed by atoms with Crippen LogP contribution in [-0.2, 0) is 0 Å². The third kappa shape index (κ3) is 4.57. The first kappa shape index (κ1) is 22.4. The lowest BCUT2D eigenvalue weighted by Crippen LogP contribution is -2.48. The van der Waals surface area contributed by atoms with Gasteiger partial charge in [-0.3, -0.25) is 15.1 Å². The fourth-order valence-electron chi connectivity index (χ4n) is 4.19. The number of piperidine rings is 1. The quantitative estimate of drug-likeness (QED) is 0.252. The summed E-state index contributed by atoms with van der Waals surface area (Å²) in [4.78, 5) is 20.1. The highest BCUT2D eigenvalue weighted by atomic mass is 16.6. The average molecular weight is 450 g/mol. The summed E-state index contributed by atoms with van der Waals surface area (Å²) in [6, 6.07) is 4.72. The Bertz CT molecular complexity index is 1110. The minimum atomic E-state index is -0.453. The molecule has 4 rings (SSSR count). The molecule has 0 aliphatic carbocycles. The third-order valence-electron chi connectivity index (χ3n) is 5.71. The van der Waals surface area contributed by atoms with Crippen molar-refractivity contribution in [2.75, 3.05) is 23.8 Å². The number of nitrogens with zero attached hydrogens (tertiary/aromatic N) is 4. The Morgan fingerprint density at radius 3 is 2.85 bits per heavy atom. The second-order valence-electron chi connectivity index (χ2n) is 7.80. The van der Waals surface area contributed by atoms with Crippen molar-refractivity contribution in [3.63, 3.8) is 0 Å². The lowest BCUT2D eigenvalue weighted by Gasteiger charge is -2.33. The van der Waals surface area contributed by atoms with Crippen molar-refractivity contribution in [2.24, 2.45) is 0 Å². The zero-order valence-electron chi connectivity index (χ0n) is 18.4. The molecule has 2 aromatic rings. The topological polar surface area (TPSA) is 131 Å². The van der Waals surface area contributed by atoms with Crippen LogP contribution in [0.1, 0.15) is 36.9 Å². The number of anilines is 2. The molecular weight excluding hydrogens is 422 g/mol. The molecule has 1 fully saturated rings. The molecule has 3 heterocycles. The minimum Gasteiger partial charge on any atom is -0.450 e. The van der Waals surface area contributed by atoms with Gasteiger partial charge in [0.2, 0.25) is 5.75 Å². The van der Waals surface area contributed by atoms with E-state index in [0.717, 1.165) is 31.5 Å². The Hall–Kier alpha value is -3.76. The molecule has 0 saturated carbocycles. The highest BCUT2D eigenvalue weighted by molar-refractivity contribution is 5.65. The van der Waals surface area contributed by atoms with E-state index in [2.05, 4.69) is 27.3 Å². The van der Waals surface area contributed by atoms with E-state index in [1.165, 1.54) is 12.4 Å². The highest BCUT2D eigenvalue weighted by Crippen LogP contribution is 2.42. The van der Waals surface area contributed by atoms with Gasteiger partial charge in [-0.25, -0.2) is 15.4 Å². The number of benzene rings is 1. The maximum Gasteiger partial charge on any atom is 0.311 e. The van der Waals surface area contributed by atoms with Gasteiger partial charge in [-0.1, -0.05) is 24.8 Å². The molecule has 10 heteroatoms. The van der Waals surface area contributed by atoms with Crippen molar-refractivity contribution in [1.82, 2.24) is 20.7 Å². The molecule has 10 nitrogen and oxygen atoms in total. The number of nitro benzene ring substituents is 1. The fraction of sp³-hybridized carbons (Fsp3) is 0.304. The molecule has 1 saturated heterocycles. The number of hydrogen-bond acceptors (Lipinski definition) is 9. The summed E-state index contributed by atoms with van der Waals surface area (Å²) >= 11 is 0. The SMILES string of the molecule is C=C/C=C(\C=C/C)Oc1ccc(C2NN(C3CCNCC3)c3ncnc(N)c32)cc1[N+](=O)[O-]. The molecule has 0 bridgehead atoms. The van der Waals surface area contributed by atoms with Crippen LogP contribution in [0, 0.1) is 10.1 Å². The summed E-state index contributed by atoms with van der Waals surface area (Å²) in [6.45, 7) is 7.31. The molecular formula is C23H27N7O3. The molecule has 2 aliphatic rings. The summed E-state index contributed by atoms with van der Waals surface area (Å²) in [5.74, 6) is 1.65. The predicted octanol–water partition coefficient (Wildman–Crippen LogP) is 3.16. The fourth-order valence-corrected chi connectivity index (χ4v) is 4.19. The molecule has 2 aliphatic heterocycles. The van der Waals surface area contributed by atoms with Crippen LogP contribution >= 0.6 is 0 Å². The molecule has 0 radical (unpaired) electrons. The highest BCUT2D eigenvalue weighted by Gasteiger charge is 2.38. The molecule has 0 spiro atoms. The molecule has 1 aromatic carbocycles. The second kappa shape index (κ2) is 9.80. The monoisotopic (exact) mass is 449 g/mol. The van der Waals surface area contributed by atoms with Gasteiger partial charge in [0.1, 0.15) is 17.9 Å². The smallest absolute Gasteiger partial charge is 0.311 e. The van der Waals surface area contributed by atoms with Crippen molar-refractivity contribution < 1.29 is 9.66 Å². The normalized spacial score (nSPS) is 19.0. The van der Waals surface area contributed by atoms with Crippen LogP contribution in [0.5, 0.6) is 5.75 Å². The number of nitrogens with two attached hydrogens (primary N) is 1. The van der Waals surface area contributed by atoms with Crippen LogP contribution in [0.15, 0.2) is 61.2 Å². The van der Waals surface area contributed by atoms with Crippen LogP contribution in [-0.4, -0.2) is 34.0 Å². The summed E-state index contributed by atoms with van der Waals surface area (Å²) in [6.07, 6.45) is 10.0. The summed E-state index contributed by atoms with van der Waals surface area (Å²) in [5, 5.41) is 17.3. The largest absolute Gasteiger partial charge is 0.450 e. The number of allylic oxidation sites excluding steroid dienone is 4. The zero-order valence-corrected chi connectivity index (χ0v) is 18.4. The van der Waals surface area contributed by atoms with Crippen molar-refractivity contribution in [1.29, 1.82) is 0 Å². The van der Waals surface area contributed by atoms with Crippen LogP contribution in [0.2, 0.25) is 0 Å². The number of nitro groups is 1. The molecule has 4 N–H and O–H groups in total. The van der Waals surface area contributed by atoms with Gasteiger partial charge < -0.3 is 15.8 Å². The molecule has 1 atom stereocenters. The lowest BCUT2D eigenvalue weighted by molar-refractivity contribution is -0.385. The third-order valence-corrected chi connectivity index (χ3v) is 5.71. The Balaban J connectivity index is 1.71. The van der Waals surface area contributed by atoms with Gasteiger partial charge >= 0.3 is 5.69 Å². The van der Waals surface area contributed by atoms with E-state index in [0.29, 0.717) is 23.0 Å². The maximum absolute atomic E-state index is 11.9. The van der Waals surface area contributed by atoms with E-state index < -0.39 is 11.0 Å². The maximum atomic E-state index is 11.9. The number of nitrogen functional groups attached to an aromatic ring is 1. The summed E-state index contributed by atoms with van der Waals surface area (Å²) in [5.41, 5.74) is 11.0. The van der Waals surface area contributed by atoms with Gasteiger partial charge in [-0.05, 0) is 56.6 Å². The van der Waals surface area contributed by atoms with Crippen LogP contribution in [0.4, 0.5) is 17.3 Å². The second-order valence-corrected chi connectivity index (χ2v) is 7.80. The Kier molecular flexibility index (Phi) is 6.66. The molecule has 1 unspecified atom stereocenters. The van der Waals surface area contributed by atoms with Gasteiger partial charge in [-0.15, -0.1) is 0 Å². The first-order valence-corrected chi connectivity index (χ1v) is 10.8. The molecule has 172 valence electrons. The number of ether oxygens (including phenoxy) is 1. The number of nitrogens with one attached hydrogen (secondary N) is 2. The van der Waals surface area contributed by atoms with Crippen LogP contribution in [0.25, 0.3) is 0 Å². The number of aromatic nitrogens is 2. The van der Waals surface area contributed by atoms with E-state index in [4.69, 9.17) is 10.5 Å². The van der Waals surface area contributed by atoms with E-state index in [1.807, 2.05) is 11.9 Å². The lowest BCUT2D eigenvalue weighted by atomic mass is 10.0. The van der Waals surface area contributed by atoms with Crippen LogP contribution < -0.4 is 26.2 Å². The van der Waals surface area contributed by atoms with Gasteiger partial charge in [-0.2, -0.15) is 0 Å². The van der Waals surface area contributed by atoms with Crippen LogP contribution in [0.3, 0.4) is 0 Å². The summed E-state index contributed by atoms with van der Waals surface area (Å²) < 4.78 is 5.79. The van der Waals surface area contributed by atoms with Gasteiger partial charge in [0, 0.05) is 12.1 Å². The summed E-state index contributed by atoms with van der Waals surface area (Å²) in [7, 11) is 0. The number of hydrogen-bond donors (Lipinski definition) is 3. The number of hydrazine groups is 1. The van der Waals surface area contributed by atoms with E-state index in [1.54, 1.807) is 36.4 Å². The van der Waals surface area contributed by atoms with Gasteiger partial charge in [0.15, 0.2) is 5.82 Å². The van der Waals surface area contributed by atoms with Crippen molar-refractivity contribution in [3.05, 3.63) is 82.4 Å². The number of fused-ring (bicyclic) bond motifs is 1. The Morgan fingerprint density at radius 2 is 2.15 bits per heavy atom. The van der Waals surface area contributed by atoms with Crippen molar-refractivity contribution in [3.8, 4) is 5.75 Å². The first-order valence-electron chi connectivity index (χ1n) is 10.8. The average Bonchev–Trinajstić information content (AvgIpc) is 3.21. The minimum absolute atomic E-state index is 0.140. The molecule has 33 heavy (non-hydrogen) atoms. The van der Waals surface area contributed by atoms with E-state index in [-0.39, 0.29) is 17.5 Å². The Labute approximate surface area is 192 Å². The van der Waals surface area contributed by atoms with E-state index >= 15 is 0 Å². The van der Waals surface area contributed by atoms with Gasteiger partial charge in [0.25, 0.3) is 0 Å². The zero-order chi connectivity index (χ0) is 23.4. The number of rotatable bonds is 7. The predicted molar refractivity (Wildman–Crippen MR) is 127 cm³/mol. The first-order chi connectivity index (χ1) is 16.0. The van der Waals surface area contributed by atoms with Gasteiger partial charge in [0.05, 0.1) is 16.5 Å². The Morgan fingerprint density at radius 1 is 1.36 bits per heavy atom. The molecule has 1 aromatic heterocycles. The van der Waals surface area contributed by atoms with Crippen molar-refractivity contribution in [2.45, 2.75) is 31.8 Å². The standard InChI is InChI=1S/C23H27N7O3/c1-3-5-17(6-4-2)33-19-8-7-15(13-18(19)30(31)32)21-20-22(24)26-14-27-23(20)29(28-21)16-9-11-25-12-10-16/h3-8,13-14,16,21,25,28H,1,9-12H2,2H3,(H2,24,26,27)/b6-4-,17-5+. The molecule has 0 amide bonds.